The molecule has 0 aliphatic carbocycles. The summed E-state index contributed by atoms with van der Waals surface area (Å²) in [6.45, 7) is 6.77. The third-order valence-corrected chi connectivity index (χ3v) is 3.65. The summed E-state index contributed by atoms with van der Waals surface area (Å²) in [7, 11) is 0. The molecule has 0 aromatic heterocycles. The van der Waals surface area contributed by atoms with Crippen LogP contribution in [0.4, 0.5) is 0 Å². The topological polar surface area (TPSA) is 90.2 Å². The first-order chi connectivity index (χ1) is 8.20. The average molecular weight is 264 g/mol. The van der Waals surface area contributed by atoms with Crippen LogP contribution in [0.25, 0.3) is 0 Å². The Bertz CT molecular complexity index is 231. The largest absolute Gasteiger partial charge is 0.394 e. The van der Waals surface area contributed by atoms with E-state index in [9.17, 15) is 15.3 Å². The molecule has 0 spiro atoms. The minimum atomic E-state index is -1.18. The van der Waals surface area contributed by atoms with Gasteiger partial charge in [0.25, 0.3) is 0 Å². The minimum Gasteiger partial charge on any atom is -0.394 e. The first kappa shape index (κ1) is 17.8. The van der Waals surface area contributed by atoms with Crippen molar-refractivity contribution >= 4 is 0 Å². The summed E-state index contributed by atoms with van der Waals surface area (Å²) in [5, 5.41) is 38.0. The number of aliphatic hydroxyl groups excluding tert-OH is 3. The molecule has 0 aromatic rings. The fourth-order valence-corrected chi connectivity index (χ4v) is 1.56. The second kappa shape index (κ2) is 7.40. The number of rotatable bonds is 9. The quantitative estimate of drug-likeness (QED) is 0.485. The lowest BCUT2D eigenvalue weighted by Crippen LogP contribution is -2.45. The van der Waals surface area contributed by atoms with E-state index in [4.69, 9.17) is 9.84 Å². The van der Waals surface area contributed by atoms with Gasteiger partial charge in [-0.3, -0.25) is 0 Å². The smallest absolute Gasteiger partial charge is 0.106 e. The molecule has 110 valence electrons. The monoisotopic (exact) mass is 264 g/mol. The second-order valence-electron chi connectivity index (χ2n) is 5.38. The van der Waals surface area contributed by atoms with Crippen LogP contribution in [0.2, 0.25) is 0 Å². The van der Waals surface area contributed by atoms with E-state index in [-0.39, 0.29) is 13.2 Å². The predicted octanol–water partition coefficient (Wildman–Crippen LogP) is 0.437. The van der Waals surface area contributed by atoms with Crippen molar-refractivity contribution < 1.29 is 25.2 Å². The van der Waals surface area contributed by atoms with Gasteiger partial charge in [-0.1, -0.05) is 13.8 Å². The molecule has 0 heterocycles. The molecular formula is C13H28O5. The molecule has 0 saturated heterocycles. The van der Waals surface area contributed by atoms with Gasteiger partial charge in [-0.05, 0) is 26.7 Å². The Morgan fingerprint density at radius 3 is 2.06 bits per heavy atom. The Balaban J connectivity index is 4.38. The summed E-state index contributed by atoms with van der Waals surface area (Å²) in [6, 6.07) is 0. The molecule has 4 N–H and O–H groups in total. The van der Waals surface area contributed by atoms with Gasteiger partial charge in [0.15, 0.2) is 0 Å². The molecule has 4 unspecified atom stereocenters. The van der Waals surface area contributed by atoms with Crippen molar-refractivity contribution in [3.63, 3.8) is 0 Å². The first-order valence-electron chi connectivity index (χ1n) is 6.54. The summed E-state index contributed by atoms with van der Waals surface area (Å²) < 4.78 is 5.62. The van der Waals surface area contributed by atoms with Crippen molar-refractivity contribution in [1.82, 2.24) is 0 Å². The molecule has 0 radical (unpaired) electrons. The van der Waals surface area contributed by atoms with Crippen LogP contribution in [0.3, 0.4) is 0 Å². The highest BCUT2D eigenvalue weighted by Gasteiger charge is 2.32. The third-order valence-electron chi connectivity index (χ3n) is 3.65. The minimum absolute atomic E-state index is 0.00330. The van der Waals surface area contributed by atoms with Crippen molar-refractivity contribution in [3.8, 4) is 0 Å². The SMILES string of the molecule is CCC(C)(CC(O)CO)OCC(O)C(C)(O)CC. The van der Waals surface area contributed by atoms with Gasteiger partial charge >= 0.3 is 0 Å². The molecule has 0 aliphatic rings. The van der Waals surface area contributed by atoms with Crippen LogP contribution in [0, 0.1) is 0 Å². The zero-order valence-electron chi connectivity index (χ0n) is 11.9. The van der Waals surface area contributed by atoms with Gasteiger partial charge in [0.05, 0.1) is 30.5 Å². The van der Waals surface area contributed by atoms with Crippen LogP contribution in [0.1, 0.15) is 47.0 Å². The molecule has 0 amide bonds. The van der Waals surface area contributed by atoms with Gasteiger partial charge < -0.3 is 25.2 Å². The van der Waals surface area contributed by atoms with Crippen molar-refractivity contribution in [2.45, 2.75) is 70.4 Å². The highest BCUT2D eigenvalue weighted by Crippen LogP contribution is 2.24. The van der Waals surface area contributed by atoms with Crippen LogP contribution >= 0.6 is 0 Å². The molecule has 0 aromatic carbocycles. The second-order valence-corrected chi connectivity index (χ2v) is 5.38. The van der Waals surface area contributed by atoms with Crippen LogP contribution in [-0.2, 0) is 4.74 Å². The maximum Gasteiger partial charge on any atom is 0.106 e. The maximum absolute atomic E-state index is 9.87. The number of ether oxygens (including phenoxy) is 1. The number of aliphatic hydroxyl groups is 4. The Labute approximate surface area is 109 Å². The van der Waals surface area contributed by atoms with Crippen molar-refractivity contribution in [1.29, 1.82) is 0 Å². The first-order valence-corrected chi connectivity index (χ1v) is 6.54. The zero-order valence-corrected chi connectivity index (χ0v) is 11.9. The van der Waals surface area contributed by atoms with Crippen molar-refractivity contribution in [2.24, 2.45) is 0 Å². The van der Waals surface area contributed by atoms with Gasteiger partial charge in [-0.25, -0.2) is 0 Å². The van der Waals surface area contributed by atoms with Crippen LogP contribution < -0.4 is 0 Å². The summed E-state index contributed by atoms with van der Waals surface area (Å²) in [5.74, 6) is 0. The lowest BCUT2D eigenvalue weighted by molar-refractivity contribution is -0.143. The van der Waals surface area contributed by atoms with E-state index in [2.05, 4.69) is 0 Å². The lowest BCUT2D eigenvalue weighted by Gasteiger charge is -2.34. The molecule has 5 heteroatoms. The van der Waals surface area contributed by atoms with Crippen molar-refractivity contribution in [2.75, 3.05) is 13.2 Å². The van der Waals surface area contributed by atoms with Crippen LogP contribution in [-0.4, -0.2) is 57.0 Å². The Hall–Kier alpha value is -0.200. The Morgan fingerprint density at radius 2 is 1.67 bits per heavy atom. The number of hydrogen-bond acceptors (Lipinski definition) is 5. The van der Waals surface area contributed by atoms with E-state index < -0.39 is 23.4 Å². The van der Waals surface area contributed by atoms with Crippen LogP contribution in [0.5, 0.6) is 0 Å². The van der Waals surface area contributed by atoms with E-state index in [0.29, 0.717) is 19.3 Å². The number of hydrogen-bond donors (Lipinski definition) is 4. The van der Waals surface area contributed by atoms with Crippen molar-refractivity contribution in [3.05, 3.63) is 0 Å². The fourth-order valence-electron chi connectivity index (χ4n) is 1.56. The Kier molecular flexibility index (Phi) is 7.32. The molecule has 0 bridgehead atoms. The van der Waals surface area contributed by atoms with E-state index in [1.807, 2.05) is 13.8 Å². The Morgan fingerprint density at radius 1 is 1.11 bits per heavy atom. The summed E-state index contributed by atoms with van der Waals surface area (Å²) in [4.78, 5) is 0. The molecule has 0 fully saturated rings. The molecule has 0 saturated carbocycles. The fraction of sp³-hybridized carbons (Fsp3) is 1.00. The highest BCUT2D eigenvalue weighted by atomic mass is 16.5. The normalized spacial score (nSPS) is 22.0. The van der Waals surface area contributed by atoms with Gasteiger partial charge in [0.2, 0.25) is 0 Å². The molecule has 18 heavy (non-hydrogen) atoms. The molecule has 0 rings (SSSR count). The zero-order chi connectivity index (χ0) is 14.4. The third kappa shape index (κ3) is 5.63. The summed E-state index contributed by atoms with van der Waals surface area (Å²) in [6.07, 6.45) is -0.440. The average Bonchev–Trinajstić information content (AvgIpc) is 2.35. The molecular weight excluding hydrogens is 236 g/mol. The maximum atomic E-state index is 9.87. The lowest BCUT2D eigenvalue weighted by atomic mass is 9.94. The van der Waals surface area contributed by atoms with E-state index >= 15 is 0 Å². The standard InChI is InChI=1S/C13H28O5/c1-5-12(3,7-10(15)8-14)18-9-11(16)13(4,17)6-2/h10-11,14-17H,5-9H2,1-4H3. The van der Waals surface area contributed by atoms with E-state index in [1.165, 1.54) is 0 Å². The summed E-state index contributed by atoms with van der Waals surface area (Å²) >= 11 is 0. The molecule has 4 atom stereocenters. The molecule has 5 nitrogen and oxygen atoms in total. The van der Waals surface area contributed by atoms with Gasteiger partial charge in [-0.15, -0.1) is 0 Å². The van der Waals surface area contributed by atoms with Gasteiger partial charge in [-0.2, -0.15) is 0 Å². The summed E-state index contributed by atoms with van der Waals surface area (Å²) in [5.41, 5.74) is -1.79. The predicted molar refractivity (Wildman–Crippen MR) is 69.3 cm³/mol. The van der Waals surface area contributed by atoms with E-state index in [1.54, 1.807) is 13.8 Å². The van der Waals surface area contributed by atoms with Crippen LogP contribution in [0.15, 0.2) is 0 Å². The van der Waals surface area contributed by atoms with Gasteiger partial charge in [0, 0.05) is 6.42 Å². The molecule has 0 aliphatic heterocycles. The highest BCUT2D eigenvalue weighted by molar-refractivity contribution is 4.83. The van der Waals surface area contributed by atoms with E-state index in [0.717, 1.165) is 0 Å². The van der Waals surface area contributed by atoms with Gasteiger partial charge in [0.1, 0.15) is 6.10 Å².